The van der Waals surface area contributed by atoms with Crippen LogP contribution in [0, 0.1) is 6.92 Å². The normalized spacial score (nSPS) is 10.0. The van der Waals surface area contributed by atoms with Crippen LogP contribution in [-0.2, 0) is 0 Å². The van der Waals surface area contributed by atoms with Crippen LogP contribution >= 0.6 is 0 Å². The van der Waals surface area contributed by atoms with Gasteiger partial charge in [0.25, 0.3) is 5.91 Å². The van der Waals surface area contributed by atoms with Crippen molar-refractivity contribution >= 4 is 17.4 Å². The number of rotatable bonds is 3. The van der Waals surface area contributed by atoms with Gasteiger partial charge in [0, 0.05) is 0 Å². The summed E-state index contributed by atoms with van der Waals surface area (Å²) in [5, 5.41) is 2.76. The second kappa shape index (κ2) is 5.39. The molecule has 0 atom stereocenters. The molecule has 5 heteroatoms. The Morgan fingerprint density at radius 3 is 2.79 bits per heavy atom. The van der Waals surface area contributed by atoms with Crippen molar-refractivity contribution in [1.82, 2.24) is 4.98 Å². The molecule has 0 aliphatic carbocycles. The molecule has 0 fully saturated rings. The van der Waals surface area contributed by atoms with Crippen LogP contribution in [0.1, 0.15) is 16.1 Å². The number of carbonyl (C=O) groups excluding carboxylic acids is 1. The van der Waals surface area contributed by atoms with Crippen molar-refractivity contribution in [3.05, 3.63) is 47.7 Å². The molecule has 0 unspecified atom stereocenters. The van der Waals surface area contributed by atoms with Gasteiger partial charge in [0.05, 0.1) is 12.8 Å². The van der Waals surface area contributed by atoms with Crippen LogP contribution in [0.2, 0.25) is 0 Å². The van der Waals surface area contributed by atoms with Gasteiger partial charge in [-0.15, -0.1) is 0 Å². The Bertz CT molecular complexity index is 611. The molecule has 19 heavy (non-hydrogen) atoms. The zero-order valence-corrected chi connectivity index (χ0v) is 10.8. The van der Waals surface area contributed by atoms with E-state index >= 15 is 0 Å². The quantitative estimate of drug-likeness (QED) is 0.884. The highest BCUT2D eigenvalue weighted by molar-refractivity contribution is 6.03. The number of carbonyl (C=O) groups is 1. The van der Waals surface area contributed by atoms with Crippen molar-refractivity contribution in [3.8, 4) is 5.75 Å². The lowest BCUT2D eigenvalue weighted by Gasteiger charge is -2.10. The molecule has 2 rings (SSSR count). The van der Waals surface area contributed by atoms with Crippen LogP contribution in [0.15, 0.2) is 36.4 Å². The van der Waals surface area contributed by atoms with Crippen molar-refractivity contribution in [1.29, 1.82) is 0 Å². The third kappa shape index (κ3) is 3.01. The first-order chi connectivity index (χ1) is 9.10. The average Bonchev–Trinajstić information content (AvgIpc) is 2.39. The van der Waals surface area contributed by atoms with Crippen LogP contribution in [0.3, 0.4) is 0 Å². The molecule has 0 saturated carbocycles. The van der Waals surface area contributed by atoms with E-state index in [-0.39, 0.29) is 11.6 Å². The van der Waals surface area contributed by atoms with Crippen LogP contribution in [0.5, 0.6) is 5.75 Å². The van der Waals surface area contributed by atoms with Gasteiger partial charge in [0.1, 0.15) is 17.3 Å². The fraction of sp³-hybridized carbons (Fsp3) is 0.143. The molecule has 5 nitrogen and oxygen atoms in total. The first kappa shape index (κ1) is 12.9. The zero-order valence-electron chi connectivity index (χ0n) is 10.8. The summed E-state index contributed by atoms with van der Waals surface area (Å²) >= 11 is 0. The van der Waals surface area contributed by atoms with E-state index in [1.807, 2.05) is 19.1 Å². The summed E-state index contributed by atoms with van der Waals surface area (Å²) in [6, 6.07) is 10.5. The van der Waals surface area contributed by atoms with Gasteiger partial charge < -0.3 is 15.8 Å². The van der Waals surface area contributed by atoms with E-state index in [1.54, 1.807) is 31.4 Å². The van der Waals surface area contributed by atoms with Gasteiger partial charge >= 0.3 is 0 Å². The third-order valence-electron chi connectivity index (χ3n) is 2.61. The summed E-state index contributed by atoms with van der Waals surface area (Å²) in [6.07, 6.45) is 0. The minimum atomic E-state index is -0.323. The Balaban J connectivity index is 2.26. The molecule has 98 valence electrons. The smallest absolute Gasteiger partial charge is 0.274 e. The standard InChI is InChI=1S/C14H15N3O2/c1-9-6-7-12(19-2)11(8-9)17-14(18)10-4-3-5-13(15)16-10/h3-8H,1-2H3,(H2,15,16)(H,17,18). The van der Waals surface area contributed by atoms with Crippen molar-refractivity contribution in [2.75, 3.05) is 18.2 Å². The Labute approximate surface area is 111 Å². The second-order valence-corrected chi connectivity index (χ2v) is 4.11. The lowest BCUT2D eigenvalue weighted by molar-refractivity contribution is 0.102. The van der Waals surface area contributed by atoms with Gasteiger partial charge in [0.15, 0.2) is 0 Å². The van der Waals surface area contributed by atoms with E-state index in [0.29, 0.717) is 17.3 Å². The van der Waals surface area contributed by atoms with Crippen LogP contribution < -0.4 is 15.8 Å². The van der Waals surface area contributed by atoms with Crippen LogP contribution in [-0.4, -0.2) is 18.0 Å². The lowest BCUT2D eigenvalue weighted by Crippen LogP contribution is -2.15. The molecule has 0 saturated heterocycles. The fourth-order valence-electron chi connectivity index (χ4n) is 1.68. The maximum Gasteiger partial charge on any atom is 0.274 e. The van der Waals surface area contributed by atoms with Gasteiger partial charge in [-0.1, -0.05) is 12.1 Å². The number of anilines is 2. The minimum Gasteiger partial charge on any atom is -0.495 e. The summed E-state index contributed by atoms with van der Waals surface area (Å²) in [6.45, 7) is 1.94. The van der Waals surface area contributed by atoms with E-state index in [4.69, 9.17) is 10.5 Å². The highest BCUT2D eigenvalue weighted by atomic mass is 16.5. The summed E-state index contributed by atoms with van der Waals surface area (Å²) in [4.78, 5) is 16.0. The van der Waals surface area contributed by atoms with Crippen LogP contribution in [0.25, 0.3) is 0 Å². The van der Waals surface area contributed by atoms with Gasteiger partial charge in [-0.25, -0.2) is 4.98 Å². The fourth-order valence-corrected chi connectivity index (χ4v) is 1.68. The number of hydrogen-bond donors (Lipinski definition) is 2. The molecular weight excluding hydrogens is 242 g/mol. The largest absolute Gasteiger partial charge is 0.495 e. The number of benzene rings is 1. The highest BCUT2D eigenvalue weighted by Crippen LogP contribution is 2.25. The number of methoxy groups -OCH3 is 1. The van der Waals surface area contributed by atoms with Crippen molar-refractivity contribution in [3.63, 3.8) is 0 Å². The summed E-state index contributed by atoms with van der Waals surface area (Å²) in [5.41, 5.74) is 7.45. The number of hydrogen-bond acceptors (Lipinski definition) is 4. The molecule has 0 aliphatic heterocycles. The second-order valence-electron chi connectivity index (χ2n) is 4.11. The first-order valence-corrected chi connectivity index (χ1v) is 5.78. The predicted octanol–water partition coefficient (Wildman–Crippen LogP) is 2.23. The lowest BCUT2D eigenvalue weighted by atomic mass is 10.2. The number of aryl methyl sites for hydroxylation is 1. The van der Waals surface area contributed by atoms with E-state index in [9.17, 15) is 4.79 Å². The summed E-state index contributed by atoms with van der Waals surface area (Å²) in [5.74, 6) is 0.586. The molecule has 1 aromatic carbocycles. The van der Waals surface area contributed by atoms with Crippen LogP contribution in [0.4, 0.5) is 11.5 Å². The number of nitrogens with two attached hydrogens (primary N) is 1. The molecule has 1 heterocycles. The topological polar surface area (TPSA) is 77.2 Å². The molecule has 0 bridgehead atoms. The molecule has 3 N–H and O–H groups in total. The average molecular weight is 257 g/mol. The number of aromatic nitrogens is 1. The number of pyridine rings is 1. The number of nitrogens with zero attached hydrogens (tertiary/aromatic N) is 1. The molecular formula is C14H15N3O2. The van der Waals surface area contributed by atoms with E-state index < -0.39 is 0 Å². The Hall–Kier alpha value is -2.56. The van der Waals surface area contributed by atoms with Crippen molar-refractivity contribution < 1.29 is 9.53 Å². The maximum absolute atomic E-state index is 12.1. The Kier molecular flexibility index (Phi) is 3.66. The molecule has 1 amide bonds. The number of nitrogen functional groups attached to an aromatic ring is 1. The predicted molar refractivity (Wildman–Crippen MR) is 74.3 cm³/mol. The van der Waals surface area contributed by atoms with Crippen molar-refractivity contribution in [2.45, 2.75) is 6.92 Å². The van der Waals surface area contributed by atoms with E-state index in [2.05, 4.69) is 10.3 Å². The number of nitrogens with one attached hydrogen (secondary N) is 1. The minimum absolute atomic E-state index is 0.267. The van der Waals surface area contributed by atoms with Gasteiger partial charge in [-0.2, -0.15) is 0 Å². The summed E-state index contributed by atoms with van der Waals surface area (Å²) in [7, 11) is 1.55. The van der Waals surface area contributed by atoms with E-state index in [0.717, 1.165) is 5.56 Å². The maximum atomic E-state index is 12.1. The summed E-state index contributed by atoms with van der Waals surface area (Å²) < 4.78 is 5.20. The third-order valence-corrected chi connectivity index (χ3v) is 2.61. The SMILES string of the molecule is COc1ccc(C)cc1NC(=O)c1cccc(N)n1. The molecule has 0 spiro atoms. The Morgan fingerprint density at radius 2 is 2.11 bits per heavy atom. The Morgan fingerprint density at radius 1 is 1.32 bits per heavy atom. The molecule has 0 aliphatic rings. The highest BCUT2D eigenvalue weighted by Gasteiger charge is 2.11. The number of amides is 1. The van der Waals surface area contributed by atoms with Gasteiger partial charge in [-0.05, 0) is 36.8 Å². The van der Waals surface area contributed by atoms with E-state index in [1.165, 1.54) is 0 Å². The van der Waals surface area contributed by atoms with Gasteiger partial charge in [0.2, 0.25) is 0 Å². The number of ether oxygens (including phenoxy) is 1. The molecule has 2 aromatic rings. The molecule has 0 radical (unpaired) electrons. The van der Waals surface area contributed by atoms with Gasteiger partial charge in [-0.3, -0.25) is 4.79 Å². The molecule has 1 aromatic heterocycles. The van der Waals surface area contributed by atoms with Crippen molar-refractivity contribution in [2.24, 2.45) is 0 Å². The monoisotopic (exact) mass is 257 g/mol. The first-order valence-electron chi connectivity index (χ1n) is 5.78. The zero-order chi connectivity index (χ0) is 13.8.